The monoisotopic (exact) mass is 916 g/mol. The lowest BCUT2D eigenvalue weighted by Gasteiger charge is -2.40. The molecule has 20 heteroatoms. The van der Waals surface area contributed by atoms with Crippen LogP contribution < -0.4 is 5.32 Å². The summed E-state index contributed by atoms with van der Waals surface area (Å²) in [6.07, 6.45) is -11.2. The molecule has 13 N–H and O–H groups in total. The molecule has 1 aliphatic heterocycles. The van der Waals surface area contributed by atoms with Gasteiger partial charge in [0.1, 0.15) is 24.1 Å². The van der Waals surface area contributed by atoms with Crippen LogP contribution in [0, 0.1) is 16.0 Å². The smallest absolute Gasteiger partial charge is 0.269 e. The Bertz CT molecular complexity index is 1570. The van der Waals surface area contributed by atoms with Crippen LogP contribution in [-0.2, 0) is 14.3 Å². The van der Waals surface area contributed by atoms with Crippen LogP contribution in [0.5, 0.6) is 0 Å². The molecule has 1 aliphatic rings. The first-order valence-electron chi connectivity index (χ1n) is 22.0. The van der Waals surface area contributed by atoms with Crippen molar-refractivity contribution in [1.29, 1.82) is 0 Å². The van der Waals surface area contributed by atoms with Gasteiger partial charge in [-0.1, -0.05) is 38.2 Å². The van der Waals surface area contributed by atoms with Gasteiger partial charge in [0.2, 0.25) is 0 Å². The molecule has 16 unspecified atom stereocenters. The van der Waals surface area contributed by atoms with E-state index in [2.05, 4.69) is 5.32 Å². The molecule has 1 aromatic carbocycles. The number of non-ortho nitro benzene ring substituents is 1. The highest BCUT2D eigenvalue weighted by Crippen LogP contribution is 2.26. The predicted octanol–water partition coefficient (Wildman–Crippen LogP) is -0.196. The molecule has 16 atom stereocenters. The molecular weight excluding hydrogens is 844 g/mol. The molecule has 0 aromatic heterocycles. The van der Waals surface area contributed by atoms with Gasteiger partial charge in [-0.25, -0.2) is 0 Å². The second-order valence-electron chi connectivity index (χ2n) is 16.9. The third-order valence-electron chi connectivity index (χ3n) is 11.1. The van der Waals surface area contributed by atoms with Crippen molar-refractivity contribution in [3.63, 3.8) is 0 Å². The van der Waals surface area contributed by atoms with Crippen molar-refractivity contribution < 1.29 is 85.3 Å². The normalized spacial score (nSPS) is 24.6. The number of benzene rings is 1. The number of rotatable bonds is 31. The first-order chi connectivity index (χ1) is 30.1. The van der Waals surface area contributed by atoms with Crippen molar-refractivity contribution in [2.45, 2.75) is 190 Å². The Labute approximate surface area is 373 Å². The Morgan fingerprint density at radius 3 is 1.78 bits per heavy atom. The van der Waals surface area contributed by atoms with E-state index in [0.717, 1.165) is 0 Å². The summed E-state index contributed by atoms with van der Waals surface area (Å²) in [6.45, 7) is 5.08. The number of carbonyl (C=O) groups is 2. The van der Waals surface area contributed by atoms with Crippen LogP contribution in [0.3, 0.4) is 0 Å². The van der Waals surface area contributed by atoms with E-state index in [0.29, 0.717) is 19.3 Å². The van der Waals surface area contributed by atoms with Crippen molar-refractivity contribution in [3.8, 4) is 0 Å². The standard InChI is InChI=1S/C44H72N2O18/c1-4-39(64-44-42(59)41(58)40(57)26(3)63-44)25(2)38(56)24-37(55)23-36(54)21-32(50)11-6-10-31(49)20-35(53)22-34(52)19-30(48)9-5-8-29(47)18-33(51)12-7-17-45-43(60)27-13-15-28(16-14-27)46(61)62/h5-6,9,11,13-16,25-26,29-37,39-42,44,47-55,57-59H,4,7-8,10,12,17-24H2,1-3H3,(H,45,60)/b9-5+,11-6+. The Hall–Kier alpha value is -3.32. The van der Waals surface area contributed by atoms with Crippen molar-refractivity contribution in [3.05, 3.63) is 64.2 Å². The number of aliphatic hydroxyl groups is 12. The molecule has 1 fully saturated rings. The molecule has 1 heterocycles. The minimum atomic E-state index is -1.54. The zero-order chi connectivity index (χ0) is 48.1. The number of amides is 1. The minimum absolute atomic E-state index is 0.0284. The maximum absolute atomic E-state index is 12.9. The van der Waals surface area contributed by atoms with Crippen LogP contribution in [0.15, 0.2) is 48.6 Å². The Kier molecular flexibility index (Phi) is 26.0. The van der Waals surface area contributed by atoms with Gasteiger partial charge in [0, 0.05) is 49.4 Å². The summed E-state index contributed by atoms with van der Waals surface area (Å²) in [5.41, 5.74) is 0.128. The fraction of sp³-hybridized carbons (Fsp3) is 0.727. The highest BCUT2D eigenvalue weighted by Gasteiger charge is 2.44. The van der Waals surface area contributed by atoms with E-state index in [4.69, 9.17) is 9.47 Å². The number of ketones is 1. The van der Waals surface area contributed by atoms with E-state index >= 15 is 0 Å². The highest BCUT2D eigenvalue weighted by atomic mass is 16.7. The molecule has 1 saturated heterocycles. The molecule has 0 spiro atoms. The van der Waals surface area contributed by atoms with E-state index in [9.17, 15) is 81.0 Å². The Morgan fingerprint density at radius 1 is 0.750 bits per heavy atom. The number of carbonyl (C=O) groups excluding carboxylic acids is 2. The molecule has 1 amide bonds. The van der Waals surface area contributed by atoms with Crippen LogP contribution in [0.1, 0.15) is 108 Å². The Morgan fingerprint density at radius 2 is 1.25 bits per heavy atom. The second kappa shape index (κ2) is 29.3. The van der Waals surface area contributed by atoms with Gasteiger partial charge in [-0.3, -0.25) is 19.7 Å². The van der Waals surface area contributed by atoms with Crippen LogP contribution in [0.25, 0.3) is 0 Å². The predicted molar refractivity (Wildman–Crippen MR) is 230 cm³/mol. The summed E-state index contributed by atoms with van der Waals surface area (Å²) in [4.78, 5) is 35.3. The molecular formula is C44H72N2O18. The molecule has 2 rings (SSSR count). The lowest BCUT2D eigenvalue weighted by molar-refractivity contribution is -0.384. The molecule has 64 heavy (non-hydrogen) atoms. The number of nitro groups is 1. The van der Waals surface area contributed by atoms with E-state index in [-0.39, 0.29) is 81.4 Å². The largest absolute Gasteiger partial charge is 0.393 e. The SMILES string of the molecule is CCC(OC1OC(C)C(O)C(O)C1O)C(C)C(=O)CC(O)CC(O)CC(O)/C=C/CC(O)CC(O)CC(O)CC(O)/C=C/CC(O)CC(O)CCCNC(=O)c1ccc([N+](=O)[O-])cc1. The molecule has 0 bridgehead atoms. The number of nitro benzene ring substituents is 1. The zero-order valence-electron chi connectivity index (χ0n) is 36.8. The van der Waals surface area contributed by atoms with Crippen molar-refractivity contribution >= 4 is 17.4 Å². The van der Waals surface area contributed by atoms with E-state index in [1.165, 1.54) is 55.5 Å². The Balaban J connectivity index is 1.61. The summed E-state index contributed by atoms with van der Waals surface area (Å²) in [5.74, 6) is -1.55. The van der Waals surface area contributed by atoms with Crippen molar-refractivity contribution in [2.75, 3.05) is 6.54 Å². The number of hydrogen-bond acceptors (Lipinski definition) is 18. The summed E-state index contributed by atoms with van der Waals surface area (Å²) < 4.78 is 11.2. The number of aliphatic hydroxyl groups excluding tert-OH is 12. The topological polar surface area (TPSA) is 351 Å². The number of hydrogen-bond donors (Lipinski definition) is 13. The third kappa shape index (κ3) is 21.3. The average Bonchev–Trinajstić information content (AvgIpc) is 3.21. The van der Waals surface area contributed by atoms with E-state index in [1.54, 1.807) is 13.8 Å². The molecule has 0 aliphatic carbocycles. The van der Waals surface area contributed by atoms with Gasteiger partial charge in [0.15, 0.2) is 6.29 Å². The lowest BCUT2D eigenvalue weighted by Crippen LogP contribution is -2.58. The van der Waals surface area contributed by atoms with Crippen LogP contribution in [0.4, 0.5) is 5.69 Å². The van der Waals surface area contributed by atoms with Crippen LogP contribution >= 0.6 is 0 Å². The van der Waals surface area contributed by atoms with Gasteiger partial charge >= 0.3 is 0 Å². The van der Waals surface area contributed by atoms with Crippen LogP contribution in [0.2, 0.25) is 0 Å². The molecule has 0 saturated carbocycles. The van der Waals surface area contributed by atoms with Gasteiger partial charge < -0.3 is 76.1 Å². The minimum Gasteiger partial charge on any atom is -0.393 e. The molecule has 366 valence electrons. The zero-order valence-corrected chi connectivity index (χ0v) is 36.8. The summed E-state index contributed by atoms with van der Waals surface area (Å²) in [5, 5.41) is 137. The molecule has 0 radical (unpaired) electrons. The maximum atomic E-state index is 12.9. The van der Waals surface area contributed by atoms with Crippen molar-refractivity contribution in [1.82, 2.24) is 5.32 Å². The number of Topliss-reactive ketones (excluding diaryl/α,β-unsaturated/α-hetero) is 1. The van der Waals surface area contributed by atoms with Gasteiger partial charge in [-0.05, 0) is 76.8 Å². The second-order valence-corrected chi connectivity index (χ2v) is 16.9. The quantitative estimate of drug-likeness (QED) is 0.0199. The third-order valence-corrected chi connectivity index (χ3v) is 11.1. The average molecular weight is 917 g/mol. The fourth-order valence-electron chi connectivity index (χ4n) is 7.31. The number of nitrogens with one attached hydrogen (secondary N) is 1. The first kappa shape index (κ1) is 56.8. The fourth-order valence-corrected chi connectivity index (χ4v) is 7.31. The summed E-state index contributed by atoms with van der Waals surface area (Å²) in [7, 11) is 0. The maximum Gasteiger partial charge on any atom is 0.269 e. The van der Waals surface area contributed by atoms with Gasteiger partial charge in [-0.2, -0.15) is 0 Å². The summed E-state index contributed by atoms with van der Waals surface area (Å²) >= 11 is 0. The van der Waals surface area contributed by atoms with Gasteiger partial charge in [0.25, 0.3) is 11.6 Å². The molecule has 20 nitrogen and oxygen atoms in total. The van der Waals surface area contributed by atoms with E-state index in [1.807, 2.05) is 0 Å². The first-order valence-corrected chi connectivity index (χ1v) is 22.0. The van der Waals surface area contributed by atoms with Crippen molar-refractivity contribution in [2.24, 2.45) is 5.92 Å². The van der Waals surface area contributed by atoms with Gasteiger partial charge in [-0.15, -0.1) is 0 Å². The highest BCUT2D eigenvalue weighted by molar-refractivity contribution is 5.94. The van der Waals surface area contributed by atoms with Crippen LogP contribution in [-0.4, -0.2) is 176 Å². The lowest BCUT2D eigenvalue weighted by atomic mass is 9.91. The number of nitrogens with zero attached hydrogens (tertiary/aromatic N) is 1. The van der Waals surface area contributed by atoms with E-state index < -0.39 is 108 Å². The van der Waals surface area contributed by atoms with Gasteiger partial charge in [0.05, 0.1) is 72.1 Å². The number of ether oxygens (including phenoxy) is 2. The summed E-state index contributed by atoms with van der Waals surface area (Å²) in [6, 6.07) is 5.15. The molecule has 1 aromatic rings.